The fourth-order valence-corrected chi connectivity index (χ4v) is 3.64. The van der Waals surface area contributed by atoms with Crippen LogP contribution < -0.4 is 10.8 Å². The van der Waals surface area contributed by atoms with Crippen LogP contribution in [0, 0.1) is 0 Å². The molecule has 32 heavy (non-hydrogen) atoms. The van der Waals surface area contributed by atoms with E-state index in [4.69, 9.17) is 9.57 Å². The molecule has 1 fully saturated rings. The monoisotopic (exact) mass is 460 g/mol. The summed E-state index contributed by atoms with van der Waals surface area (Å²) in [6, 6.07) is 18.6. The number of hydroxylamine groups is 1. The van der Waals surface area contributed by atoms with Gasteiger partial charge in [0.15, 0.2) is 0 Å². The molecule has 3 rings (SSSR count). The number of unbranched alkanes of at least 4 members (excludes halogenated alkanes) is 1. The van der Waals surface area contributed by atoms with Crippen molar-refractivity contribution in [2.45, 2.75) is 51.0 Å². The van der Waals surface area contributed by atoms with Crippen LogP contribution in [0.1, 0.15) is 42.4 Å². The molecule has 0 radical (unpaired) electrons. The summed E-state index contributed by atoms with van der Waals surface area (Å²) < 4.78 is 5.51. The Kier molecular flexibility index (Phi) is 11.8. The molecule has 6 nitrogen and oxygen atoms in total. The van der Waals surface area contributed by atoms with E-state index in [9.17, 15) is 9.59 Å². The lowest BCUT2D eigenvalue weighted by Gasteiger charge is -2.22. The molecule has 1 aliphatic heterocycles. The molecular weight excluding hydrogens is 428 g/mol. The Morgan fingerprint density at radius 3 is 2.12 bits per heavy atom. The van der Waals surface area contributed by atoms with E-state index in [2.05, 4.69) is 47.2 Å². The van der Waals surface area contributed by atoms with Crippen molar-refractivity contribution in [1.29, 1.82) is 0 Å². The summed E-state index contributed by atoms with van der Waals surface area (Å²) in [7, 11) is 0. The van der Waals surface area contributed by atoms with Gasteiger partial charge < -0.3 is 14.9 Å². The SMILES string of the molecule is Cl.O=C(Cc1ccc(CCCCc2ccccc2)cc1)NOC(=O)COC1CCNCC1. The predicted octanol–water partition coefficient (Wildman–Crippen LogP) is 3.56. The van der Waals surface area contributed by atoms with Gasteiger partial charge in [0.1, 0.15) is 6.61 Å². The van der Waals surface area contributed by atoms with Gasteiger partial charge >= 0.3 is 5.97 Å². The number of nitrogens with one attached hydrogen (secondary N) is 2. The number of hydrogen-bond donors (Lipinski definition) is 2. The minimum atomic E-state index is -0.585. The van der Waals surface area contributed by atoms with Crippen LogP contribution in [-0.2, 0) is 38.4 Å². The molecule has 0 atom stereocenters. The zero-order valence-corrected chi connectivity index (χ0v) is 19.2. The van der Waals surface area contributed by atoms with E-state index in [1.54, 1.807) is 0 Å². The number of hydrogen-bond acceptors (Lipinski definition) is 5. The van der Waals surface area contributed by atoms with Gasteiger partial charge in [-0.25, -0.2) is 4.79 Å². The van der Waals surface area contributed by atoms with E-state index in [0.29, 0.717) is 0 Å². The largest absolute Gasteiger partial charge is 0.366 e. The maximum absolute atomic E-state index is 12.0. The summed E-state index contributed by atoms with van der Waals surface area (Å²) in [6.45, 7) is 1.63. The lowest BCUT2D eigenvalue weighted by Crippen LogP contribution is -2.35. The minimum absolute atomic E-state index is 0. The molecule has 1 saturated heterocycles. The number of ether oxygens (including phenoxy) is 1. The van der Waals surface area contributed by atoms with E-state index in [-0.39, 0.29) is 37.4 Å². The van der Waals surface area contributed by atoms with Gasteiger partial charge in [0, 0.05) is 0 Å². The lowest BCUT2D eigenvalue weighted by atomic mass is 10.0. The average Bonchev–Trinajstić information content (AvgIpc) is 2.81. The molecule has 0 saturated carbocycles. The first kappa shape index (κ1) is 25.8. The van der Waals surface area contributed by atoms with Crippen LogP contribution >= 0.6 is 12.4 Å². The van der Waals surface area contributed by atoms with Crippen molar-refractivity contribution < 1.29 is 19.2 Å². The molecule has 0 bridgehead atoms. The maximum atomic E-state index is 12.0. The fraction of sp³-hybridized carbons (Fsp3) is 0.440. The number of benzene rings is 2. The number of carbonyl (C=O) groups excluding carboxylic acids is 2. The molecule has 0 aliphatic carbocycles. The number of rotatable bonds is 10. The van der Waals surface area contributed by atoms with Crippen LogP contribution in [0.5, 0.6) is 0 Å². The molecule has 2 N–H and O–H groups in total. The zero-order valence-electron chi connectivity index (χ0n) is 18.4. The van der Waals surface area contributed by atoms with Crippen LogP contribution in [0.15, 0.2) is 54.6 Å². The van der Waals surface area contributed by atoms with E-state index in [0.717, 1.165) is 57.2 Å². The highest BCUT2D eigenvalue weighted by molar-refractivity contribution is 5.85. The van der Waals surface area contributed by atoms with Crippen molar-refractivity contribution in [3.05, 3.63) is 71.3 Å². The second kappa shape index (κ2) is 14.6. The predicted molar refractivity (Wildman–Crippen MR) is 127 cm³/mol. The Balaban J connectivity index is 0.00000363. The normalized spacial score (nSPS) is 13.8. The summed E-state index contributed by atoms with van der Waals surface area (Å²) in [4.78, 5) is 28.6. The zero-order chi connectivity index (χ0) is 21.7. The molecule has 174 valence electrons. The van der Waals surface area contributed by atoms with Crippen LogP contribution in [0.3, 0.4) is 0 Å². The minimum Gasteiger partial charge on any atom is -0.366 e. The highest BCUT2D eigenvalue weighted by Crippen LogP contribution is 2.11. The highest BCUT2D eigenvalue weighted by Gasteiger charge is 2.16. The second-order valence-corrected chi connectivity index (χ2v) is 7.95. The summed E-state index contributed by atoms with van der Waals surface area (Å²) in [5, 5.41) is 3.23. The molecular formula is C25H33ClN2O4. The van der Waals surface area contributed by atoms with Crippen LogP contribution in [0.2, 0.25) is 0 Å². The Morgan fingerprint density at radius 2 is 1.47 bits per heavy atom. The fourth-order valence-electron chi connectivity index (χ4n) is 3.64. The Labute approximate surface area is 196 Å². The van der Waals surface area contributed by atoms with E-state index < -0.39 is 5.97 Å². The van der Waals surface area contributed by atoms with E-state index >= 15 is 0 Å². The first-order chi connectivity index (χ1) is 15.2. The van der Waals surface area contributed by atoms with Crippen molar-refractivity contribution in [2.24, 2.45) is 0 Å². The molecule has 2 aromatic carbocycles. The smallest absolute Gasteiger partial charge is 0.357 e. The molecule has 7 heteroatoms. The van der Waals surface area contributed by atoms with Gasteiger partial charge in [-0.1, -0.05) is 54.6 Å². The number of carbonyl (C=O) groups is 2. The first-order valence-electron chi connectivity index (χ1n) is 11.1. The Morgan fingerprint density at radius 1 is 0.875 bits per heavy atom. The van der Waals surface area contributed by atoms with Gasteiger partial charge in [-0.3, -0.25) is 4.79 Å². The first-order valence-corrected chi connectivity index (χ1v) is 11.1. The maximum Gasteiger partial charge on any atom is 0.357 e. The number of halogens is 1. The molecule has 0 aromatic heterocycles. The van der Waals surface area contributed by atoms with Crippen LogP contribution in [0.25, 0.3) is 0 Å². The third-order valence-corrected chi connectivity index (χ3v) is 5.41. The number of piperidine rings is 1. The number of amides is 1. The van der Waals surface area contributed by atoms with Crippen molar-refractivity contribution >= 4 is 24.3 Å². The molecule has 0 unspecified atom stereocenters. The molecule has 1 aliphatic rings. The summed E-state index contributed by atoms with van der Waals surface area (Å²) in [5.74, 6) is -0.941. The second-order valence-electron chi connectivity index (χ2n) is 7.95. The molecule has 1 amide bonds. The van der Waals surface area contributed by atoms with E-state index in [1.807, 2.05) is 18.2 Å². The van der Waals surface area contributed by atoms with Gasteiger partial charge in [-0.2, -0.15) is 5.48 Å². The van der Waals surface area contributed by atoms with Gasteiger partial charge in [0.25, 0.3) is 5.91 Å². The van der Waals surface area contributed by atoms with Gasteiger partial charge in [-0.15, -0.1) is 12.4 Å². The third-order valence-electron chi connectivity index (χ3n) is 5.41. The number of aryl methyl sites for hydroxylation is 2. The van der Waals surface area contributed by atoms with Crippen molar-refractivity contribution in [3.63, 3.8) is 0 Å². The highest BCUT2D eigenvalue weighted by atomic mass is 35.5. The summed E-state index contributed by atoms with van der Waals surface area (Å²) in [6.07, 6.45) is 6.39. The topological polar surface area (TPSA) is 76.7 Å². The third kappa shape index (κ3) is 9.81. The standard InChI is InChI=1S/C25H32N2O4.ClH/c28-24(27-31-25(29)19-30-23-14-16-26-17-15-23)18-22-12-10-21(11-13-22)9-5-4-8-20-6-2-1-3-7-20;/h1-3,6-7,10-13,23,26H,4-5,8-9,14-19H2,(H,27,28);1H. The average molecular weight is 461 g/mol. The quantitative estimate of drug-likeness (QED) is 0.419. The summed E-state index contributed by atoms with van der Waals surface area (Å²) >= 11 is 0. The van der Waals surface area contributed by atoms with Gasteiger partial charge in [0.2, 0.25) is 0 Å². The van der Waals surface area contributed by atoms with Crippen molar-refractivity contribution in [2.75, 3.05) is 19.7 Å². The molecule has 2 aromatic rings. The lowest BCUT2D eigenvalue weighted by molar-refractivity contribution is -0.164. The molecule has 0 spiro atoms. The van der Waals surface area contributed by atoms with Crippen molar-refractivity contribution in [3.8, 4) is 0 Å². The van der Waals surface area contributed by atoms with Crippen molar-refractivity contribution in [1.82, 2.24) is 10.8 Å². The van der Waals surface area contributed by atoms with Crippen LogP contribution in [0.4, 0.5) is 0 Å². The molecule has 1 heterocycles. The Hall–Kier alpha value is -2.41. The van der Waals surface area contributed by atoms with Crippen LogP contribution in [-0.4, -0.2) is 37.7 Å². The van der Waals surface area contributed by atoms with E-state index in [1.165, 1.54) is 11.1 Å². The Bertz CT molecular complexity index is 808. The summed E-state index contributed by atoms with van der Waals surface area (Å²) in [5.41, 5.74) is 5.73. The van der Waals surface area contributed by atoms with Gasteiger partial charge in [0.05, 0.1) is 12.5 Å². The van der Waals surface area contributed by atoms with Gasteiger partial charge in [-0.05, 0) is 68.3 Å².